The minimum absolute atomic E-state index is 0.0614. The maximum Gasteiger partial charge on any atom is 0.265 e. The van der Waals surface area contributed by atoms with Gasteiger partial charge in [0.1, 0.15) is 18.1 Å². The molecule has 32 heavy (non-hydrogen) atoms. The van der Waals surface area contributed by atoms with Crippen LogP contribution < -0.4 is 20.3 Å². The number of fused-ring (bicyclic) bond motifs is 1. The molecular formula is C23H20ClN3O4S. The molecule has 2 aromatic carbocycles. The lowest BCUT2D eigenvalue weighted by Crippen LogP contribution is -2.32. The summed E-state index contributed by atoms with van der Waals surface area (Å²) in [5.74, 6) is 0.698. The molecule has 164 valence electrons. The quantitative estimate of drug-likeness (QED) is 0.401. The van der Waals surface area contributed by atoms with Crippen LogP contribution in [0.1, 0.15) is 19.0 Å². The van der Waals surface area contributed by atoms with Crippen molar-refractivity contribution in [3.8, 4) is 11.5 Å². The van der Waals surface area contributed by atoms with Crippen molar-refractivity contribution in [2.24, 2.45) is 0 Å². The second kappa shape index (κ2) is 9.84. The molecule has 1 N–H and O–H groups in total. The number of carbonyl (C=O) groups is 1. The van der Waals surface area contributed by atoms with Crippen molar-refractivity contribution >= 4 is 39.5 Å². The third-order valence-corrected chi connectivity index (χ3v) is 5.61. The number of hydrogen-bond acceptors (Lipinski definition) is 6. The number of aromatic nitrogens is 2. The van der Waals surface area contributed by atoms with Crippen molar-refractivity contribution in [1.82, 2.24) is 9.38 Å². The van der Waals surface area contributed by atoms with Crippen molar-refractivity contribution < 1.29 is 14.3 Å². The summed E-state index contributed by atoms with van der Waals surface area (Å²) in [6.07, 6.45) is 1.47. The van der Waals surface area contributed by atoms with Gasteiger partial charge in [-0.1, -0.05) is 36.7 Å². The van der Waals surface area contributed by atoms with Crippen LogP contribution in [0, 0.1) is 0 Å². The highest BCUT2D eigenvalue weighted by Gasteiger charge is 2.20. The van der Waals surface area contributed by atoms with Crippen LogP contribution >= 0.6 is 22.9 Å². The fourth-order valence-corrected chi connectivity index (χ4v) is 3.95. The molecule has 0 saturated heterocycles. The van der Waals surface area contributed by atoms with E-state index in [2.05, 4.69) is 10.3 Å². The monoisotopic (exact) mass is 469 g/mol. The number of nitrogens with one attached hydrogen (secondary N) is 1. The van der Waals surface area contributed by atoms with Crippen molar-refractivity contribution in [2.75, 3.05) is 5.32 Å². The van der Waals surface area contributed by atoms with Gasteiger partial charge in [0.25, 0.3) is 11.5 Å². The zero-order chi connectivity index (χ0) is 22.5. The Kier molecular flexibility index (Phi) is 6.72. The van der Waals surface area contributed by atoms with Gasteiger partial charge in [-0.3, -0.25) is 14.0 Å². The second-order valence-corrected chi connectivity index (χ2v) is 8.20. The van der Waals surface area contributed by atoms with E-state index in [1.54, 1.807) is 41.9 Å². The maximum atomic E-state index is 12.9. The number of benzene rings is 2. The van der Waals surface area contributed by atoms with E-state index < -0.39 is 6.10 Å². The molecule has 4 aromatic rings. The zero-order valence-electron chi connectivity index (χ0n) is 17.2. The van der Waals surface area contributed by atoms with Crippen LogP contribution in [-0.4, -0.2) is 21.4 Å². The minimum Gasteiger partial charge on any atom is -0.485 e. The number of rotatable bonds is 8. The second-order valence-electron chi connectivity index (χ2n) is 6.89. The normalized spacial score (nSPS) is 11.8. The first-order chi connectivity index (χ1) is 15.5. The number of anilines is 1. The number of nitrogens with zero attached hydrogens (tertiary/aromatic N) is 2. The first-order valence-electron chi connectivity index (χ1n) is 9.94. The van der Waals surface area contributed by atoms with E-state index in [1.165, 1.54) is 21.8 Å². The van der Waals surface area contributed by atoms with E-state index in [0.717, 1.165) is 0 Å². The fraction of sp³-hybridized carbons (Fsp3) is 0.174. The molecule has 0 bridgehead atoms. The van der Waals surface area contributed by atoms with Crippen molar-refractivity contribution in [1.29, 1.82) is 0 Å². The molecule has 0 radical (unpaired) electrons. The summed E-state index contributed by atoms with van der Waals surface area (Å²) in [7, 11) is 0. The molecule has 0 aliphatic rings. The van der Waals surface area contributed by atoms with E-state index >= 15 is 0 Å². The summed E-state index contributed by atoms with van der Waals surface area (Å²) in [6.45, 7) is 1.93. The number of carbonyl (C=O) groups excluding carboxylic acids is 1. The van der Waals surface area contributed by atoms with Crippen LogP contribution in [0.15, 0.2) is 71.0 Å². The molecule has 0 spiro atoms. The molecular weight excluding hydrogens is 450 g/mol. The molecule has 9 heteroatoms. The number of amides is 1. The highest BCUT2D eigenvalue weighted by molar-refractivity contribution is 7.15. The minimum atomic E-state index is -0.688. The number of ether oxygens (including phenoxy) is 2. The average Bonchev–Trinajstić information content (AvgIpc) is 3.27. The van der Waals surface area contributed by atoms with Crippen LogP contribution in [0.25, 0.3) is 4.96 Å². The van der Waals surface area contributed by atoms with Gasteiger partial charge in [0.05, 0.1) is 11.4 Å². The Morgan fingerprint density at radius 2 is 2.03 bits per heavy atom. The molecule has 0 unspecified atom stereocenters. The first kappa shape index (κ1) is 21.9. The molecule has 0 saturated carbocycles. The van der Waals surface area contributed by atoms with Gasteiger partial charge in [-0.2, -0.15) is 0 Å². The number of hydrogen-bond donors (Lipinski definition) is 1. The summed E-state index contributed by atoms with van der Waals surface area (Å²) in [5.41, 5.74) is 0.721. The molecule has 4 rings (SSSR count). The fourth-order valence-electron chi connectivity index (χ4n) is 3.04. The molecule has 1 amide bonds. The molecule has 7 nitrogen and oxygen atoms in total. The van der Waals surface area contributed by atoms with Crippen molar-refractivity contribution in [3.63, 3.8) is 0 Å². The van der Waals surface area contributed by atoms with Gasteiger partial charge in [0.2, 0.25) is 0 Å². The molecule has 0 aliphatic heterocycles. The third-order valence-electron chi connectivity index (χ3n) is 4.62. The van der Waals surface area contributed by atoms with Gasteiger partial charge in [-0.25, -0.2) is 4.98 Å². The van der Waals surface area contributed by atoms with Gasteiger partial charge in [-0.05, 0) is 36.8 Å². The summed E-state index contributed by atoms with van der Waals surface area (Å²) in [5, 5.41) is 5.08. The molecule has 1 atom stereocenters. The standard InChI is InChI=1S/C23H20ClN3O4S/c1-2-19(31-17-6-4-3-5-7-17)22(29)26-18-12-15(24)8-9-20(18)30-14-16-13-21(28)27-10-11-32-23(27)25-16/h3-13,19H,2,14H2,1H3,(H,26,29)/t19-/m1/s1. The number of halogens is 1. The smallest absolute Gasteiger partial charge is 0.265 e. The van der Waals surface area contributed by atoms with Gasteiger partial charge < -0.3 is 14.8 Å². The lowest BCUT2D eigenvalue weighted by molar-refractivity contribution is -0.122. The third kappa shape index (κ3) is 5.09. The molecule has 0 fully saturated rings. The van der Waals surface area contributed by atoms with Gasteiger partial charge in [-0.15, -0.1) is 11.3 Å². The SMILES string of the molecule is CC[C@@H](Oc1ccccc1)C(=O)Nc1cc(Cl)ccc1OCc1cc(=O)n2ccsc2n1. The number of para-hydroxylation sites is 1. The zero-order valence-corrected chi connectivity index (χ0v) is 18.7. The van der Waals surface area contributed by atoms with E-state index in [9.17, 15) is 9.59 Å². The summed E-state index contributed by atoms with van der Waals surface area (Å²) in [4.78, 5) is 30.0. The van der Waals surface area contributed by atoms with Gasteiger partial charge in [0, 0.05) is 22.7 Å². The summed E-state index contributed by atoms with van der Waals surface area (Å²) < 4.78 is 13.2. The van der Waals surface area contributed by atoms with Crippen LogP contribution in [-0.2, 0) is 11.4 Å². The van der Waals surface area contributed by atoms with E-state index in [1.807, 2.05) is 25.1 Å². The largest absolute Gasteiger partial charge is 0.485 e. The molecule has 2 aromatic heterocycles. The topological polar surface area (TPSA) is 81.9 Å². The maximum absolute atomic E-state index is 12.9. The highest BCUT2D eigenvalue weighted by Crippen LogP contribution is 2.29. The van der Waals surface area contributed by atoms with Crippen LogP contribution in [0.5, 0.6) is 11.5 Å². The Balaban J connectivity index is 1.49. The van der Waals surface area contributed by atoms with E-state index in [0.29, 0.717) is 39.3 Å². The highest BCUT2D eigenvalue weighted by atomic mass is 35.5. The van der Waals surface area contributed by atoms with E-state index in [-0.39, 0.29) is 18.1 Å². The lowest BCUT2D eigenvalue weighted by atomic mass is 10.2. The van der Waals surface area contributed by atoms with Gasteiger partial charge in [0.15, 0.2) is 11.1 Å². The van der Waals surface area contributed by atoms with Crippen LogP contribution in [0.2, 0.25) is 5.02 Å². The predicted octanol–water partition coefficient (Wildman–Crippen LogP) is 4.78. The number of thiazole rings is 1. The van der Waals surface area contributed by atoms with Crippen molar-refractivity contribution in [2.45, 2.75) is 26.1 Å². The Morgan fingerprint density at radius 3 is 2.81 bits per heavy atom. The Hall–Kier alpha value is -3.36. The Morgan fingerprint density at radius 1 is 1.22 bits per heavy atom. The summed E-state index contributed by atoms with van der Waals surface area (Å²) in [6, 6.07) is 15.5. The molecule has 0 aliphatic carbocycles. The first-order valence-corrected chi connectivity index (χ1v) is 11.2. The van der Waals surface area contributed by atoms with Crippen LogP contribution in [0.3, 0.4) is 0 Å². The lowest BCUT2D eigenvalue weighted by Gasteiger charge is -2.19. The molecule has 2 heterocycles. The van der Waals surface area contributed by atoms with Gasteiger partial charge >= 0.3 is 0 Å². The average molecular weight is 470 g/mol. The Bertz CT molecular complexity index is 1290. The Labute approximate surface area is 193 Å². The van der Waals surface area contributed by atoms with Crippen LogP contribution in [0.4, 0.5) is 5.69 Å². The van der Waals surface area contributed by atoms with Crippen molar-refractivity contribution in [3.05, 3.63) is 87.2 Å². The van der Waals surface area contributed by atoms with E-state index in [4.69, 9.17) is 21.1 Å². The summed E-state index contributed by atoms with van der Waals surface area (Å²) >= 11 is 7.51. The predicted molar refractivity (Wildman–Crippen MR) is 125 cm³/mol.